The molecule has 0 aliphatic carbocycles. The van der Waals surface area contributed by atoms with Crippen molar-refractivity contribution in [2.75, 3.05) is 7.05 Å². The van der Waals surface area contributed by atoms with Gasteiger partial charge in [0.2, 0.25) is 0 Å². The second kappa shape index (κ2) is 4.94. The minimum Gasteiger partial charge on any atom is -0.313 e. The molecule has 0 amide bonds. The quantitative estimate of drug-likeness (QED) is 0.885. The Kier molecular flexibility index (Phi) is 3.52. The number of nitrogens with one attached hydrogen (secondary N) is 1. The summed E-state index contributed by atoms with van der Waals surface area (Å²) in [6, 6.07) is 2.41. The molecule has 0 spiro atoms. The predicted octanol–water partition coefficient (Wildman–Crippen LogP) is 1.27. The maximum absolute atomic E-state index is 4.39. The molecule has 2 aromatic heterocycles. The molecular formula is C13H21N5. The van der Waals surface area contributed by atoms with Gasteiger partial charge in [0.25, 0.3) is 0 Å². The zero-order valence-electron chi connectivity index (χ0n) is 11.7. The molecule has 5 heteroatoms. The molecule has 0 radical (unpaired) electrons. The Morgan fingerprint density at radius 3 is 2.44 bits per heavy atom. The monoisotopic (exact) mass is 247 g/mol. The van der Waals surface area contributed by atoms with Crippen molar-refractivity contribution in [1.82, 2.24) is 24.9 Å². The van der Waals surface area contributed by atoms with Crippen molar-refractivity contribution in [2.24, 2.45) is 14.1 Å². The summed E-state index contributed by atoms with van der Waals surface area (Å²) < 4.78 is 3.86. The van der Waals surface area contributed by atoms with E-state index < -0.39 is 0 Å². The van der Waals surface area contributed by atoms with Crippen LogP contribution in [0.1, 0.15) is 28.7 Å². The molecule has 0 aliphatic heterocycles. The zero-order chi connectivity index (χ0) is 13.3. The minimum absolute atomic E-state index is 0.272. The Balaban J connectivity index is 2.25. The van der Waals surface area contributed by atoms with Gasteiger partial charge in [-0.1, -0.05) is 0 Å². The minimum atomic E-state index is 0.272. The van der Waals surface area contributed by atoms with E-state index in [0.29, 0.717) is 0 Å². The van der Waals surface area contributed by atoms with E-state index in [1.54, 1.807) is 0 Å². The van der Waals surface area contributed by atoms with Crippen LogP contribution in [-0.4, -0.2) is 26.6 Å². The molecule has 0 aromatic carbocycles. The summed E-state index contributed by atoms with van der Waals surface area (Å²) in [5.74, 6) is 0. The van der Waals surface area contributed by atoms with Crippen molar-refractivity contribution < 1.29 is 0 Å². The molecule has 98 valence electrons. The molecule has 2 aromatic rings. The first-order valence-corrected chi connectivity index (χ1v) is 6.18. The second-order valence-electron chi connectivity index (χ2n) is 4.75. The highest BCUT2D eigenvalue weighted by Crippen LogP contribution is 2.21. The standard InChI is InChI=1S/C13H21N5/c1-9-6-11(18(5)16-9)7-13(14-3)12-8-15-17(4)10(12)2/h6,8,13-14H,7H2,1-5H3. The van der Waals surface area contributed by atoms with Crippen LogP contribution in [0, 0.1) is 13.8 Å². The van der Waals surface area contributed by atoms with Crippen molar-refractivity contribution >= 4 is 0 Å². The average Bonchev–Trinajstić information content (AvgIpc) is 2.81. The second-order valence-corrected chi connectivity index (χ2v) is 4.75. The number of likely N-dealkylation sites (N-methyl/N-ethyl adjacent to an activating group) is 1. The average molecular weight is 247 g/mol. The van der Waals surface area contributed by atoms with E-state index in [-0.39, 0.29) is 6.04 Å². The molecule has 5 nitrogen and oxygen atoms in total. The lowest BCUT2D eigenvalue weighted by Gasteiger charge is -2.16. The lowest BCUT2D eigenvalue weighted by Crippen LogP contribution is -2.20. The molecule has 1 N–H and O–H groups in total. The first-order chi connectivity index (χ1) is 8.52. The maximum Gasteiger partial charge on any atom is 0.0596 e. The summed E-state index contributed by atoms with van der Waals surface area (Å²) in [6.45, 7) is 4.12. The van der Waals surface area contributed by atoms with Crippen LogP contribution in [0.4, 0.5) is 0 Å². The number of hydrogen-bond acceptors (Lipinski definition) is 3. The number of rotatable bonds is 4. The Morgan fingerprint density at radius 2 is 2.00 bits per heavy atom. The number of aryl methyl sites for hydroxylation is 3. The number of aromatic nitrogens is 4. The molecular weight excluding hydrogens is 226 g/mol. The third kappa shape index (κ3) is 2.31. The highest BCUT2D eigenvalue weighted by Gasteiger charge is 2.17. The van der Waals surface area contributed by atoms with Crippen molar-refractivity contribution in [3.8, 4) is 0 Å². The third-order valence-electron chi connectivity index (χ3n) is 3.51. The Morgan fingerprint density at radius 1 is 1.28 bits per heavy atom. The van der Waals surface area contributed by atoms with Gasteiger partial charge in [-0.15, -0.1) is 0 Å². The normalized spacial score (nSPS) is 12.9. The summed E-state index contributed by atoms with van der Waals surface area (Å²) in [5.41, 5.74) is 4.74. The van der Waals surface area contributed by atoms with E-state index in [2.05, 4.69) is 28.5 Å². The topological polar surface area (TPSA) is 47.7 Å². The molecule has 18 heavy (non-hydrogen) atoms. The third-order valence-corrected chi connectivity index (χ3v) is 3.51. The van der Waals surface area contributed by atoms with Crippen molar-refractivity contribution in [3.05, 3.63) is 34.9 Å². The number of nitrogens with zero attached hydrogens (tertiary/aromatic N) is 4. The van der Waals surface area contributed by atoms with Gasteiger partial charge in [0, 0.05) is 43.5 Å². The van der Waals surface area contributed by atoms with Crippen molar-refractivity contribution in [1.29, 1.82) is 0 Å². The first-order valence-electron chi connectivity index (χ1n) is 6.18. The summed E-state index contributed by atoms with van der Waals surface area (Å²) in [4.78, 5) is 0. The van der Waals surface area contributed by atoms with Crippen LogP contribution in [0.2, 0.25) is 0 Å². The molecule has 2 heterocycles. The molecule has 0 bridgehead atoms. The zero-order valence-corrected chi connectivity index (χ0v) is 11.7. The molecule has 0 fully saturated rings. The first kappa shape index (κ1) is 12.8. The van der Waals surface area contributed by atoms with Gasteiger partial charge in [-0.2, -0.15) is 10.2 Å². The summed E-state index contributed by atoms with van der Waals surface area (Å²) in [6.07, 6.45) is 2.86. The van der Waals surface area contributed by atoms with Gasteiger partial charge >= 0.3 is 0 Å². The van der Waals surface area contributed by atoms with Crippen LogP contribution >= 0.6 is 0 Å². The fourth-order valence-electron chi connectivity index (χ4n) is 2.29. The SMILES string of the molecule is CNC(Cc1cc(C)nn1C)c1cnn(C)c1C. The number of hydrogen-bond donors (Lipinski definition) is 1. The maximum atomic E-state index is 4.39. The molecule has 1 unspecified atom stereocenters. The predicted molar refractivity (Wildman–Crippen MR) is 71.4 cm³/mol. The Labute approximate surface area is 108 Å². The molecule has 0 saturated carbocycles. The van der Waals surface area contributed by atoms with Crippen LogP contribution in [0.15, 0.2) is 12.3 Å². The van der Waals surface area contributed by atoms with E-state index in [4.69, 9.17) is 0 Å². The smallest absolute Gasteiger partial charge is 0.0596 e. The van der Waals surface area contributed by atoms with Gasteiger partial charge < -0.3 is 5.32 Å². The Hall–Kier alpha value is -1.62. The van der Waals surface area contributed by atoms with Gasteiger partial charge in [-0.3, -0.25) is 9.36 Å². The highest BCUT2D eigenvalue weighted by molar-refractivity contribution is 5.23. The van der Waals surface area contributed by atoms with E-state index in [9.17, 15) is 0 Å². The van der Waals surface area contributed by atoms with Gasteiger partial charge in [0.15, 0.2) is 0 Å². The largest absolute Gasteiger partial charge is 0.313 e. The van der Waals surface area contributed by atoms with Gasteiger partial charge in [-0.05, 0) is 27.0 Å². The lowest BCUT2D eigenvalue weighted by molar-refractivity contribution is 0.557. The molecule has 1 atom stereocenters. The summed E-state index contributed by atoms with van der Waals surface area (Å²) in [7, 11) is 5.95. The fourth-order valence-corrected chi connectivity index (χ4v) is 2.29. The van der Waals surface area contributed by atoms with Gasteiger partial charge in [0.1, 0.15) is 0 Å². The van der Waals surface area contributed by atoms with Crippen LogP contribution in [0.25, 0.3) is 0 Å². The van der Waals surface area contributed by atoms with Crippen molar-refractivity contribution in [2.45, 2.75) is 26.3 Å². The fraction of sp³-hybridized carbons (Fsp3) is 0.538. The Bertz CT molecular complexity index is 538. The van der Waals surface area contributed by atoms with Gasteiger partial charge in [0.05, 0.1) is 11.9 Å². The van der Waals surface area contributed by atoms with Crippen molar-refractivity contribution in [3.63, 3.8) is 0 Å². The van der Waals surface area contributed by atoms with Crippen LogP contribution in [0.3, 0.4) is 0 Å². The molecule has 2 rings (SSSR count). The van der Waals surface area contributed by atoms with Gasteiger partial charge in [-0.25, -0.2) is 0 Å². The van der Waals surface area contributed by atoms with E-state index in [1.807, 2.05) is 43.6 Å². The van der Waals surface area contributed by atoms with Crippen LogP contribution < -0.4 is 5.32 Å². The molecule has 0 aliphatic rings. The lowest BCUT2D eigenvalue weighted by atomic mass is 10.0. The van der Waals surface area contributed by atoms with E-state index in [1.165, 1.54) is 17.0 Å². The summed E-state index contributed by atoms with van der Waals surface area (Å²) >= 11 is 0. The van der Waals surface area contributed by atoms with E-state index >= 15 is 0 Å². The summed E-state index contributed by atoms with van der Waals surface area (Å²) in [5, 5.41) is 12.1. The highest BCUT2D eigenvalue weighted by atomic mass is 15.3. The van der Waals surface area contributed by atoms with E-state index in [0.717, 1.165) is 12.1 Å². The molecule has 0 saturated heterocycles. The van der Waals surface area contributed by atoms with Crippen LogP contribution in [-0.2, 0) is 20.5 Å². The van der Waals surface area contributed by atoms with Crippen LogP contribution in [0.5, 0.6) is 0 Å².